The number of rotatable bonds is 33. The summed E-state index contributed by atoms with van der Waals surface area (Å²) in [6.07, 6.45) is 33.6. The van der Waals surface area contributed by atoms with Crippen LogP contribution in [-0.2, 0) is 19.1 Å². The molecular formula is C36H69NO5. The van der Waals surface area contributed by atoms with E-state index in [0.717, 1.165) is 64.2 Å². The lowest BCUT2D eigenvalue weighted by Gasteiger charge is -2.18. The van der Waals surface area contributed by atoms with E-state index in [-0.39, 0.29) is 24.5 Å². The van der Waals surface area contributed by atoms with Crippen LogP contribution in [0, 0.1) is 0 Å². The van der Waals surface area contributed by atoms with Crippen molar-refractivity contribution < 1.29 is 24.2 Å². The van der Waals surface area contributed by atoms with Crippen LogP contribution >= 0.6 is 0 Å². The minimum atomic E-state index is -1.01. The van der Waals surface area contributed by atoms with Crippen molar-refractivity contribution in [1.82, 2.24) is 5.32 Å². The summed E-state index contributed by atoms with van der Waals surface area (Å²) in [5.74, 6) is -1.22. The van der Waals surface area contributed by atoms with Crippen molar-refractivity contribution in [3.8, 4) is 0 Å². The van der Waals surface area contributed by atoms with Gasteiger partial charge >= 0.3 is 11.9 Å². The molecule has 0 saturated heterocycles. The summed E-state index contributed by atoms with van der Waals surface area (Å²) in [5, 5.41) is 11.0. The molecule has 0 spiro atoms. The molecule has 248 valence electrons. The van der Waals surface area contributed by atoms with E-state index >= 15 is 0 Å². The van der Waals surface area contributed by atoms with Gasteiger partial charge < -0.3 is 15.2 Å². The van der Waals surface area contributed by atoms with Gasteiger partial charge in [0.25, 0.3) is 0 Å². The Morgan fingerprint density at radius 1 is 0.524 bits per heavy atom. The zero-order valence-electron chi connectivity index (χ0n) is 27.9. The maximum atomic E-state index is 12.6. The summed E-state index contributed by atoms with van der Waals surface area (Å²) in [7, 11) is 0. The quantitative estimate of drug-likeness (QED) is 0.0581. The van der Waals surface area contributed by atoms with Crippen LogP contribution in [0.5, 0.6) is 0 Å². The molecule has 0 bridgehead atoms. The van der Waals surface area contributed by atoms with Gasteiger partial charge in [0.15, 0.2) is 0 Å². The number of aliphatic carboxylic acids is 1. The van der Waals surface area contributed by atoms with Gasteiger partial charge in [-0.2, -0.15) is 0 Å². The zero-order chi connectivity index (χ0) is 30.9. The van der Waals surface area contributed by atoms with Crippen molar-refractivity contribution in [1.29, 1.82) is 0 Å². The Morgan fingerprint density at radius 2 is 0.881 bits per heavy atom. The largest absolute Gasteiger partial charge is 0.480 e. The lowest BCUT2D eigenvalue weighted by Crippen LogP contribution is -2.28. The molecule has 6 heteroatoms. The molecule has 0 saturated carbocycles. The van der Waals surface area contributed by atoms with E-state index in [1.165, 1.54) is 109 Å². The first-order valence-electron chi connectivity index (χ1n) is 18.2. The fourth-order valence-corrected chi connectivity index (χ4v) is 5.57. The van der Waals surface area contributed by atoms with Crippen LogP contribution in [-0.4, -0.2) is 35.6 Å². The Hall–Kier alpha value is -1.59. The molecule has 2 N–H and O–H groups in total. The smallest absolute Gasteiger partial charge is 0.322 e. The van der Waals surface area contributed by atoms with E-state index in [1.54, 1.807) is 0 Å². The zero-order valence-corrected chi connectivity index (χ0v) is 27.9. The Bertz CT molecular complexity index is 624. The summed E-state index contributed by atoms with van der Waals surface area (Å²) in [6.45, 7) is 4.21. The third-order valence-corrected chi connectivity index (χ3v) is 8.28. The number of hydrogen-bond acceptors (Lipinski definition) is 4. The molecule has 6 nitrogen and oxygen atoms in total. The van der Waals surface area contributed by atoms with Crippen LogP contribution < -0.4 is 5.32 Å². The van der Waals surface area contributed by atoms with Crippen molar-refractivity contribution in [2.75, 3.05) is 6.54 Å². The molecule has 0 heterocycles. The third kappa shape index (κ3) is 31.3. The van der Waals surface area contributed by atoms with Gasteiger partial charge in [-0.05, 0) is 38.5 Å². The standard InChI is InChI=1S/C36H69NO5/c1-3-5-7-9-11-12-13-14-15-16-18-23-27-31-36(41)42-33(28-24-20-17-10-8-6-4-2)29-25-21-19-22-26-30-34(38)37-32-35(39)40/h33H,3-32H2,1-2H3,(H,37,38)(H,39,40). The van der Waals surface area contributed by atoms with Gasteiger partial charge in [0, 0.05) is 12.8 Å². The molecule has 0 aliphatic rings. The van der Waals surface area contributed by atoms with Crippen LogP contribution in [0.4, 0.5) is 0 Å². The van der Waals surface area contributed by atoms with Crippen LogP contribution in [0.3, 0.4) is 0 Å². The Kier molecular flexibility index (Phi) is 31.1. The first-order valence-corrected chi connectivity index (χ1v) is 18.2. The first kappa shape index (κ1) is 40.4. The van der Waals surface area contributed by atoms with E-state index in [2.05, 4.69) is 19.2 Å². The second-order valence-corrected chi connectivity index (χ2v) is 12.5. The number of carbonyl (C=O) groups excluding carboxylic acids is 2. The molecule has 1 unspecified atom stereocenters. The summed E-state index contributed by atoms with van der Waals surface area (Å²) >= 11 is 0. The molecule has 0 fully saturated rings. The molecule has 0 radical (unpaired) electrons. The number of carboxylic acid groups (broad SMARTS) is 1. The molecule has 0 aliphatic heterocycles. The maximum Gasteiger partial charge on any atom is 0.322 e. The molecule has 0 rings (SSSR count). The van der Waals surface area contributed by atoms with Crippen LogP contribution in [0.2, 0.25) is 0 Å². The number of esters is 1. The lowest BCUT2D eigenvalue weighted by atomic mass is 10.0. The number of ether oxygens (including phenoxy) is 1. The predicted octanol–water partition coefficient (Wildman–Crippen LogP) is 10.5. The van der Waals surface area contributed by atoms with Gasteiger partial charge in [-0.1, -0.05) is 149 Å². The van der Waals surface area contributed by atoms with E-state index < -0.39 is 5.97 Å². The molecule has 0 aromatic rings. The van der Waals surface area contributed by atoms with Gasteiger partial charge in [0.2, 0.25) is 5.91 Å². The van der Waals surface area contributed by atoms with Gasteiger partial charge in [0.05, 0.1) is 0 Å². The van der Waals surface area contributed by atoms with Crippen molar-refractivity contribution >= 4 is 17.8 Å². The second kappa shape index (κ2) is 32.3. The summed E-state index contributed by atoms with van der Waals surface area (Å²) < 4.78 is 5.97. The van der Waals surface area contributed by atoms with E-state index in [1.807, 2.05) is 0 Å². The Labute approximate surface area is 259 Å². The highest BCUT2D eigenvalue weighted by Gasteiger charge is 2.14. The number of carbonyl (C=O) groups is 3. The van der Waals surface area contributed by atoms with E-state index in [9.17, 15) is 14.4 Å². The van der Waals surface area contributed by atoms with Gasteiger partial charge in [0.1, 0.15) is 12.6 Å². The van der Waals surface area contributed by atoms with Gasteiger partial charge in [-0.15, -0.1) is 0 Å². The number of hydrogen-bond donors (Lipinski definition) is 2. The molecule has 42 heavy (non-hydrogen) atoms. The monoisotopic (exact) mass is 596 g/mol. The van der Waals surface area contributed by atoms with Crippen LogP contribution in [0.25, 0.3) is 0 Å². The highest BCUT2D eigenvalue weighted by atomic mass is 16.5. The van der Waals surface area contributed by atoms with E-state index in [4.69, 9.17) is 9.84 Å². The Morgan fingerprint density at radius 3 is 1.29 bits per heavy atom. The molecule has 0 aromatic heterocycles. The predicted molar refractivity (Wildman–Crippen MR) is 176 cm³/mol. The van der Waals surface area contributed by atoms with Crippen molar-refractivity contribution in [3.05, 3.63) is 0 Å². The number of amides is 1. The van der Waals surface area contributed by atoms with Crippen LogP contribution in [0.1, 0.15) is 200 Å². The fraction of sp³-hybridized carbons (Fsp3) is 0.917. The summed E-state index contributed by atoms with van der Waals surface area (Å²) in [5.41, 5.74) is 0. The molecule has 1 atom stereocenters. The maximum absolute atomic E-state index is 12.6. The third-order valence-electron chi connectivity index (χ3n) is 8.28. The normalized spacial score (nSPS) is 11.9. The molecule has 1 amide bonds. The molecule has 0 aliphatic carbocycles. The number of nitrogens with one attached hydrogen (secondary N) is 1. The Balaban J connectivity index is 4.04. The van der Waals surface area contributed by atoms with E-state index in [0.29, 0.717) is 12.8 Å². The van der Waals surface area contributed by atoms with Crippen molar-refractivity contribution in [2.45, 2.75) is 206 Å². The average molecular weight is 596 g/mol. The first-order chi connectivity index (χ1) is 20.5. The van der Waals surface area contributed by atoms with Gasteiger partial charge in [-0.3, -0.25) is 14.4 Å². The second-order valence-electron chi connectivity index (χ2n) is 12.5. The van der Waals surface area contributed by atoms with Gasteiger partial charge in [-0.25, -0.2) is 0 Å². The summed E-state index contributed by atoms with van der Waals surface area (Å²) in [4.78, 5) is 34.7. The SMILES string of the molecule is CCCCCCCCCCCCCCCC(=O)OC(CCCCCCCCC)CCCCCCCC(=O)NCC(=O)O. The lowest BCUT2D eigenvalue weighted by molar-refractivity contribution is -0.150. The van der Waals surface area contributed by atoms with Crippen LogP contribution in [0.15, 0.2) is 0 Å². The number of carboxylic acids is 1. The topological polar surface area (TPSA) is 92.7 Å². The average Bonchev–Trinajstić information content (AvgIpc) is 2.97. The highest BCUT2D eigenvalue weighted by molar-refractivity contribution is 5.80. The minimum Gasteiger partial charge on any atom is -0.480 e. The van der Waals surface area contributed by atoms with Crippen molar-refractivity contribution in [3.63, 3.8) is 0 Å². The molecule has 0 aromatic carbocycles. The summed E-state index contributed by atoms with van der Waals surface area (Å²) in [6, 6.07) is 0. The minimum absolute atomic E-state index is 0.0154. The number of unbranched alkanes of at least 4 members (excludes halogenated alkanes) is 22. The highest BCUT2D eigenvalue weighted by Crippen LogP contribution is 2.19. The van der Waals surface area contributed by atoms with Crippen molar-refractivity contribution in [2.24, 2.45) is 0 Å². The molecular weight excluding hydrogens is 526 g/mol. The fourth-order valence-electron chi connectivity index (χ4n) is 5.57.